The highest BCUT2D eigenvalue weighted by molar-refractivity contribution is 7.18. The standard InChI is InChI=1S/C16H16N3O3S/c1-21-9-13-16(20)19(10-22-13)11-5-6-12-14(8-11)23-15(18-12)4-2-3-7-17/h5-6,8,10,13H,2-4,9H2,1H3/q-1/t13-/m1/s1. The van der Waals surface area contributed by atoms with Gasteiger partial charge in [-0.1, -0.05) is 4.70 Å². The summed E-state index contributed by atoms with van der Waals surface area (Å²) in [6.07, 6.45) is 1.57. The minimum absolute atomic E-state index is 0.134. The van der Waals surface area contributed by atoms with Crippen LogP contribution in [0.2, 0.25) is 0 Å². The largest absolute Gasteiger partial charge is 0.382 e. The molecule has 1 amide bonds. The first kappa shape index (κ1) is 15.7. The molecule has 6 nitrogen and oxygen atoms in total. The number of hydrogen-bond donors (Lipinski definition) is 0. The van der Waals surface area contributed by atoms with E-state index in [0.717, 1.165) is 33.4 Å². The number of fused-ring (bicyclic) bond motifs is 1. The van der Waals surface area contributed by atoms with E-state index in [1.807, 2.05) is 18.2 Å². The van der Waals surface area contributed by atoms with Crippen molar-refractivity contribution >= 4 is 27.5 Å². The molecule has 23 heavy (non-hydrogen) atoms. The van der Waals surface area contributed by atoms with E-state index in [4.69, 9.17) is 14.7 Å². The zero-order valence-corrected chi connectivity index (χ0v) is 13.5. The van der Waals surface area contributed by atoms with Crippen molar-refractivity contribution in [3.8, 4) is 6.07 Å². The molecule has 0 spiro atoms. The second-order valence-corrected chi connectivity index (χ2v) is 6.28. The quantitative estimate of drug-likeness (QED) is 0.470. The topological polar surface area (TPSA) is 75.2 Å². The summed E-state index contributed by atoms with van der Waals surface area (Å²) < 4.78 is 12.8. The molecule has 2 aromatic rings. The molecule has 1 aliphatic rings. The van der Waals surface area contributed by atoms with Gasteiger partial charge in [0, 0.05) is 18.9 Å². The van der Waals surface area contributed by atoms with Gasteiger partial charge < -0.3 is 14.5 Å². The number of nitriles is 1. The van der Waals surface area contributed by atoms with E-state index in [9.17, 15) is 4.79 Å². The van der Waals surface area contributed by atoms with Crippen LogP contribution in [-0.4, -0.2) is 30.7 Å². The lowest BCUT2D eigenvalue weighted by Crippen LogP contribution is -2.34. The van der Waals surface area contributed by atoms with Crippen LogP contribution in [0, 0.1) is 18.1 Å². The molecule has 1 aromatic carbocycles. The van der Waals surface area contributed by atoms with Gasteiger partial charge in [0.15, 0.2) is 12.8 Å². The monoisotopic (exact) mass is 330 g/mol. The van der Waals surface area contributed by atoms with Gasteiger partial charge in [-0.05, 0) is 18.4 Å². The molecule has 2 heterocycles. The molecule has 0 radical (unpaired) electrons. The molecule has 1 fully saturated rings. The summed E-state index contributed by atoms with van der Waals surface area (Å²) >= 11 is 1.60. The van der Waals surface area contributed by atoms with Crippen LogP contribution in [0.4, 0.5) is 0 Å². The van der Waals surface area contributed by atoms with Gasteiger partial charge in [0.2, 0.25) is 0 Å². The van der Waals surface area contributed by atoms with Crippen molar-refractivity contribution in [2.45, 2.75) is 25.4 Å². The molecular weight excluding hydrogens is 314 g/mol. The average Bonchev–Trinajstić information content (AvgIpc) is 3.11. The predicted octanol–water partition coefficient (Wildman–Crippen LogP) is 1.32. The zero-order chi connectivity index (χ0) is 16.2. The SMILES string of the molecule is COC[C@H]1O[CH-][N+](=c2cc3sc(CCCC#N)nc3c[cH-]2)C1=O. The van der Waals surface area contributed by atoms with Crippen molar-refractivity contribution in [3.05, 3.63) is 35.3 Å². The highest BCUT2D eigenvalue weighted by atomic mass is 32.1. The number of ether oxygens (including phenoxy) is 2. The molecule has 0 N–H and O–H groups in total. The summed E-state index contributed by atoms with van der Waals surface area (Å²) in [7, 11) is 1.54. The van der Waals surface area contributed by atoms with Crippen molar-refractivity contribution in [2.24, 2.45) is 0 Å². The van der Waals surface area contributed by atoms with Crippen LogP contribution < -0.4 is 9.93 Å². The molecule has 120 valence electrons. The molecule has 3 rings (SSSR count). The Morgan fingerprint density at radius 2 is 2.48 bits per heavy atom. The van der Waals surface area contributed by atoms with E-state index in [-0.39, 0.29) is 12.5 Å². The highest BCUT2D eigenvalue weighted by Crippen LogP contribution is 2.21. The van der Waals surface area contributed by atoms with Crippen molar-refractivity contribution in [1.29, 1.82) is 5.26 Å². The Morgan fingerprint density at radius 3 is 3.26 bits per heavy atom. The fourth-order valence-electron chi connectivity index (χ4n) is 2.39. The Kier molecular flexibility index (Phi) is 4.76. The summed E-state index contributed by atoms with van der Waals surface area (Å²) in [5, 5.41) is 10.4. The lowest BCUT2D eigenvalue weighted by atomic mass is 10.2. The molecular formula is C16H16N3O3S-. The van der Waals surface area contributed by atoms with Crippen LogP contribution in [0.1, 0.15) is 17.8 Å². The van der Waals surface area contributed by atoms with E-state index in [1.54, 1.807) is 11.3 Å². The van der Waals surface area contributed by atoms with Gasteiger partial charge in [-0.2, -0.15) is 17.4 Å². The summed E-state index contributed by atoms with van der Waals surface area (Å²) in [5.41, 5.74) is 0.909. The van der Waals surface area contributed by atoms with Crippen LogP contribution >= 0.6 is 11.3 Å². The molecule has 0 bridgehead atoms. The van der Waals surface area contributed by atoms with Crippen molar-refractivity contribution in [2.75, 3.05) is 13.7 Å². The first-order valence-corrected chi connectivity index (χ1v) is 8.12. The van der Waals surface area contributed by atoms with Crippen molar-refractivity contribution in [3.63, 3.8) is 0 Å². The number of methoxy groups -OCH3 is 1. The molecule has 1 atom stereocenters. The third-order valence-corrected chi connectivity index (χ3v) is 4.61. The van der Waals surface area contributed by atoms with Crippen molar-refractivity contribution < 1.29 is 14.3 Å². The Bertz CT molecular complexity index is 831. The fourth-order valence-corrected chi connectivity index (χ4v) is 3.43. The van der Waals surface area contributed by atoms with Gasteiger partial charge in [0.25, 0.3) is 0 Å². The fraction of sp³-hybridized carbons (Fsp3) is 0.375. The minimum Gasteiger partial charge on any atom is -0.382 e. The van der Waals surface area contributed by atoms with Crippen LogP contribution in [0.5, 0.6) is 0 Å². The number of aromatic nitrogens is 1. The lowest BCUT2D eigenvalue weighted by molar-refractivity contribution is -0.126. The molecule has 1 saturated heterocycles. The third-order valence-electron chi connectivity index (χ3n) is 3.54. The van der Waals surface area contributed by atoms with E-state index >= 15 is 0 Å². The van der Waals surface area contributed by atoms with Crippen LogP contribution in [0.25, 0.3) is 10.2 Å². The van der Waals surface area contributed by atoms with E-state index in [1.165, 1.54) is 18.4 Å². The Morgan fingerprint density at radius 1 is 1.61 bits per heavy atom. The second kappa shape index (κ2) is 6.96. The molecule has 1 aliphatic heterocycles. The zero-order valence-electron chi connectivity index (χ0n) is 12.7. The Hall–Kier alpha value is -2.14. The maximum absolute atomic E-state index is 12.3. The maximum Gasteiger partial charge on any atom is 0.313 e. The molecule has 0 unspecified atom stereocenters. The number of nitrogens with zero attached hydrogens (tertiary/aromatic N) is 3. The second-order valence-electron chi connectivity index (χ2n) is 5.17. The van der Waals surface area contributed by atoms with E-state index in [2.05, 4.69) is 11.1 Å². The number of benzene rings is 1. The third kappa shape index (κ3) is 3.29. The van der Waals surface area contributed by atoms with Crippen molar-refractivity contribution in [1.82, 2.24) is 9.56 Å². The van der Waals surface area contributed by atoms with Gasteiger partial charge in [0.05, 0.1) is 17.7 Å². The van der Waals surface area contributed by atoms with Crippen LogP contribution in [0.3, 0.4) is 0 Å². The predicted molar refractivity (Wildman–Crippen MR) is 85.1 cm³/mol. The summed E-state index contributed by atoms with van der Waals surface area (Å²) in [5.74, 6) is -0.134. The highest BCUT2D eigenvalue weighted by Gasteiger charge is 2.29. The Balaban J connectivity index is 1.90. The van der Waals surface area contributed by atoms with Gasteiger partial charge in [-0.25, -0.2) is 0 Å². The maximum atomic E-state index is 12.3. The molecule has 7 heteroatoms. The smallest absolute Gasteiger partial charge is 0.313 e. The van der Waals surface area contributed by atoms with Crippen LogP contribution in [-0.2, 0) is 20.7 Å². The number of carbonyl (C=O) groups is 1. The minimum atomic E-state index is -0.585. The number of amides is 1. The summed E-state index contributed by atoms with van der Waals surface area (Å²) in [4.78, 5) is 16.8. The average molecular weight is 330 g/mol. The van der Waals surface area contributed by atoms with E-state index in [0.29, 0.717) is 6.42 Å². The lowest BCUT2D eigenvalue weighted by Gasteiger charge is -2.04. The van der Waals surface area contributed by atoms with Gasteiger partial charge in [0.1, 0.15) is 0 Å². The van der Waals surface area contributed by atoms with Gasteiger partial charge in [-0.15, -0.1) is 17.4 Å². The number of unbranched alkanes of at least 4 members (excludes halogenated alkanes) is 1. The van der Waals surface area contributed by atoms with Crippen LogP contribution in [0.15, 0.2) is 18.2 Å². The Labute approximate surface area is 137 Å². The number of aryl methyl sites for hydroxylation is 1. The number of thiazole rings is 1. The first-order chi connectivity index (χ1) is 11.2. The number of carbonyl (C=O) groups excluding carboxylic acids is 1. The van der Waals surface area contributed by atoms with Gasteiger partial charge in [-0.3, -0.25) is 9.37 Å². The first-order valence-electron chi connectivity index (χ1n) is 7.30. The summed E-state index contributed by atoms with van der Waals surface area (Å²) in [6.45, 7) is 1.67. The molecule has 0 saturated carbocycles. The summed E-state index contributed by atoms with van der Waals surface area (Å²) in [6, 6.07) is 7.84. The number of rotatable bonds is 5. The molecule has 1 aromatic heterocycles. The number of hydrogen-bond acceptors (Lipinski definition) is 6. The normalized spacial score (nSPS) is 19.8. The molecule has 0 aliphatic carbocycles. The van der Waals surface area contributed by atoms with E-state index < -0.39 is 6.10 Å². The van der Waals surface area contributed by atoms with Gasteiger partial charge >= 0.3 is 5.91 Å².